The maximum absolute atomic E-state index is 12.2. The van der Waals surface area contributed by atoms with E-state index in [0.29, 0.717) is 5.71 Å². The zero-order valence-electron chi connectivity index (χ0n) is 13.2. The molecule has 0 heterocycles. The molecule has 1 amide bonds. The van der Waals surface area contributed by atoms with Crippen molar-refractivity contribution < 1.29 is 9.72 Å². The van der Waals surface area contributed by atoms with E-state index >= 15 is 0 Å². The Kier molecular flexibility index (Phi) is 4.37. The maximum Gasteiger partial charge on any atom is 0.269 e. The summed E-state index contributed by atoms with van der Waals surface area (Å²) in [7, 11) is 0. The number of rotatable bonds is 5. The molecule has 0 spiro atoms. The number of hydrogen-bond donors (Lipinski definition) is 1. The number of hydrogen-bond acceptors (Lipinski definition) is 4. The van der Waals surface area contributed by atoms with Crippen molar-refractivity contribution in [1.29, 1.82) is 0 Å². The largest absolute Gasteiger partial charge is 0.273 e. The highest BCUT2D eigenvalue weighted by molar-refractivity contribution is 5.99. The summed E-state index contributed by atoms with van der Waals surface area (Å²) in [6.07, 6.45) is 0.835. The molecule has 0 aromatic heterocycles. The number of nitro groups is 1. The number of nitrogens with one attached hydrogen (secondary N) is 1. The first-order chi connectivity index (χ1) is 11.6. The molecule has 3 rings (SSSR count). The van der Waals surface area contributed by atoms with Crippen LogP contribution in [0.1, 0.15) is 30.4 Å². The van der Waals surface area contributed by atoms with Crippen LogP contribution < -0.4 is 5.43 Å². The Balaban J connectivity index is 1.59. The lowest BCUT2D eigenvalue weighted by molar-refractivity contribution is -0.384. The van der Waals surface area contributed by atoms with Crippen molar-refractivity contribution in [1.82, 2.24) is 5.43 Å². The third-order valence-corrected chi connectivity index (χ3v) is 4.18. The summed E-state index contributed by atoms with van der Waals surface area (Å²) in [5, 5.41) is 14.8. The second-order valence-electron chi connectivity index (χ2n) is 5.84. The van der Waals surface area contributed by atoms with Crippen LogP contribution in [0, 0.1) is 16.0 Å². The van der Waals surface area contributed by atoms with Gasteiger partial charge in [-0.2, -0.15) is 5.10 Å². The van der Waals surface area contributed by atoms with Crippen LogP contribution in [0.25, 0.3) is 0 Å². The highest BCUT2D eigenvalue weighted by Gasteiger charge is 2.43. The fourth-order valence-corrected chi connectivity index (χ4v) is 2.66. The normalized spacial score (nSPS) is 19.6. The van der Waals surface area contributed by atoms with Crippen molar-refractivity contribution in [2.45, 2.75) is 19.3 Å². The summed E-state index contributed by atoms with van der Waals surface area (Å²) in [4.78, 5) is 22.4. The van der Waals surface area contributed by atoms with Gasteiger partial charge in [-0.1, -0.05) is 30.3 Å². The van der Waals surface area contributed by atoms with Crippen molar-refractivity contribution >= 4 is 17.3 Å². The molecule has 0 radical (unpaired) electrons. The predicted molar refractivity (Wildman–Crippen MR) is 90.7 cm³/mol. The molecule has 2 unspecified atom stereocenters. The Morgan fingerprint density at radius 2 is 1.83 bits per heavy atom. The zero-order valence-corrected chi connectivity index (χ0v) is 13.2. The van der Waals surface area contributed by atoms with Crippen LogP contribution >= 0.6 is 0 Å². The summed E-state index contributed by atoms with van der Waals surface area (Å²) >= 11 is 0. The first kappa shape index (κ1) is 15.9. The van der Waals surface area contributed by atoms with Gasteiger partial charge in [0.25, 0.3) is 5.69 Å². The SMILES string of the molecule is C/C(=N\NC(=O)C1CC1c1ccccc1)c1ccc([N+](=O)[O-])cc1. The Morgan fingerprint density at radius 1 is 1.17 bits per heavy atom. The topological polar surface area (TPSA) is 84.6 Å². The van der Waals surface area contributed by atoms with E-state index in [-0.39, 0.29) is 23.4 Å². The van der Waals surface area contributed by atoms with Crippen molar-refractivity contribution in [2.75, 3.05) is 0 Å². The Morgan fingerprint density at radius 3 is 2.46 bits per heavy atom. The van der Waals surface area contributed by atoms with Gasteiger partial charge >= 0.3 is 0 Å². The van der Waals surface area contributed by atoms with Crippen LogP contribution in [0.4, 0.5) is 5.69 Å². The molecule has 6 nitrogen and oxygen atoms in total. The number of carbonyl (C=O) groups excluding carboxylic acids is 1. The van der Waals surface area contributed by atoms with Gasteiger partial charge < -0.3 is 0 Å². The van der Waals surface area contributed by atoms with Gasteiger partial charge in [-0.15, -0.1) is 0 Å². The minimum atomic E-state index is -0.450. The Hall–Kier alpha value is -3.02. The van der Waals surface area contributed by atoms with Crippen molar-refractivity contribution in [3.63, 3.8) is 0 Å². The van der Waals surface area contributed by atoms with Gasteiger partial charge in [0.15, 0.2) is 0 Å². The average Bonchev–Trinajstić information content (AvgIpc) is 3.41. The minimum absolute atomic E-state index is 0.0271. The van der Waals surface area contributed by atoms with E-state index in [4.69, 9.17) is 0 Å². The van der Waals surface area contributed by atoms with Crippen LogP contribution in [0.5, 0.6) is 0 Å². The van der Waals surface area contributed by atoms with Gasteiger partial charge in [-0.3, -0.25) is 14.9 Å². The predicted octanol–water partition coefficient (Wildman–Crippen LogP) is 3.24. The molecule has 2 atom stereocenters. The van der Waals surface area contributed by atoms with Gasteiger partial charge in [-0.05, 0) is 42.5 Å². The van der Waals surface area contributed by atoms with E-state index in [1.807, 2.05) is 30.3 Å². The van der Waals surface area contributed by atoms with E-state index in [9.17, 15) is 14.9 Å². The van der Waals surface area contributed by atoms with E-state index in [1.165, 1.54) is 17.7 Å². The van der Waals surface area contributed by atoms with E-state index < -0.39 is 4.92 Å². The van der Waals surface area contributed by atoms with E-state index in [0.717, 1.165) is 12.0 Å². The maximum atomic E-state index is 12.2. The van der Waals surface area contributed by atoms with Gasteiger partial charge in [-0.25, -0.2) is 5.43 Å². The van der Waals surface area contributed by atoms with Crippen molar-refractivity contribution in [3.8, 4) is 0 Å². The molecule has 1 fully saturated rings. The van der Waals surface area contributed by atoms with E-state index in [1.54, 1.807) is 19.1 Å². The molecule has 2 aromatic carbocycles. The van der Waals surface area contributed by atoms with Gasteiger partial charge in [0, 0.05) is 18.1 Å². The summed E-state index contributed by atoms with van der Waals surface area (Å²) in [5.74, 6) is 0.131. The summed E-state index contributed by atoms with van der Waals surface area (Å²) in [5.41, 5.74) is 5.14. The molecule has 6 heteroatoms. The second kappa shape index (κ2) is 6.62. The molecule has 0 saturated heterocycles. The number of hydrazone groups is 1. The molecule has 0 bridgehead atoms. The molecule has 1 aliphatic carbocycles. The Bertz CT molecular complexity index is 785. The van der Waals surface area contributed by atoms with Crippen LogP contribution in [0.3, 0.4) is 0 Å². The third kappa shape index (κ3) is 3.48. The van der Waals surface area contributed by atoms with Crippen molar-refractivity contribution in [2.24, 2.45) is 11.0 Å². The van der Waals surface area contributed by atoms with Crippen molar-refractivity contribution in [3.05, 3.63) is 75.8 Å². The quantitative estimate of drug-likeness (QED) is 0.521. The number of nitrogens with zero attached hydrogens (tertiary/aromatic N) is 2. The highest BCUT2D eigenvalue weighted by Crippen LogP contribution is 2.47. The Labute approximate surface area is 139 Å². The third-order valence-electron chi connectivity index (χ3n) is 4.18. The van der Waals surface area contributed by atoms with Gasteiger partial charge in [0.2, 0.25) is 5.91 Å². The fourth-order valence-electron chi connectivity index (χ4n) is 2.66. The summed E-state index contributed by atoms with van der Waals surface area (Å²) in [6, 6.07) is 16.0. The molecule has 122 valence electrons. The molecule has 0 aliphatic heterocycles. The summed E-state index contributed by atoms with van der Waals surface area (Å²) in [6.45, 7) is 1.75. The monoisotopic (exact) mass is 323 g/mol. The van der Waals surface area contributed by atoms with E-state index in [2.05, 4.69) is 10.5 Å². The molecule has 1 saturated carbocycles. The molecule has 1 N–H and O–H groups in total. The van der Waals surface area contributed by atoms with Gasteiger partial charge in [0.05, 0.1) is 10.6 Å². The van der Waals surface area contributed by atoms with Crippen LogP contribution in [0.2, 0.25) is 0 Å². The zero-order chi connectivity index (χ0) is 17.1. The number of amides is 1. The minimum Gasteiger partial charge on any atom is -0.273 e. The van der Waals surface area contributed by atoms with Crippen LogP contribution in [0.15, 0.2) is 59.7 Å². The smallest absolute Gasteiger partial charge is 0.269 e. The first-order valence-corrected chi connectivity index (χ1v) is 7.70. The number of non-ortho nitro benzene ring substituents is 1. The number of benzene rings is 2. The fraction of sp³-hybridized carbons (Fsp3) is 0.222. The lowest BCUT2D eigenvalue weighted by Gasteiger charge is -2.03. The number of carbonyl (C=O) groups is 1. The molecular formula is C18H17N3O3. The van der Waals surface area contributed by atoms with Crippen LogP contribution in [-0.2, 0) is 4.79 Å². The molecular weight excluding hydrogens is 306 g/mol. The highest BCUT2D eigenvalue weighted by atomic mass is 16.6. The van der Waals surface area contributed by atoms with Gasteiger partial charge in [0.1, 0.15) is 0 Å². The first-order valence-electron chi connectivity index (χ1n) is 7.70. The van der Waals surface area contributed by atoms with Crippen LogP contribution in [-0.4, -0.2) is 16.5 Å². The second-order valence-corrected chi connectivity index (χ2v) is 5.84. The average molecular weight is 323 g/mol. The summed E-state index contributed by atoms with van der Waals surface area (Å²) < 4.78 is 0. The lowest BCUT2D eigenvalue weighted by Crippen LogP contribution is -2.21. The molecule has 1 aliphatic rings. The number of nitro benzene ring substituents is 1. The molecule has 2 aromatic rings. The lowest BCUT2D eigenvalue weighted by atomic mass is 10.1. The standard InChI is InChI=1S/C18H17N3O3/c1-12(13-7-9-15(10-8-13)21(23)24)19-20-18(22)17-11-16(17)14-5-3-2-4-6-14/h2-10,16-17H,11H2,1H3,(H,20,22)/b19-12+. The molecule has 24 heavy (non-hydrogen) atoms.